The maximum atomic E-state index is 12.9. The van der Waals surface area contributed by atoms with E-state index in [9.17, 15) is 18.0 Å². The van der Waals surface area contributed by atoms with Crippen LogP contribution in [0.15, 0.2) is 60.7 Å². The SMILES string of the molecule is Cc1ccc(-c2ccc(N3CCN(C(=O)Nc4cccc(C(F)(F)F)c4)CC3)nn2)cc1. The van der Waals surface area contributed by atoms with Crippen molar-refractivity contribution in [3.05, 3.63) is 71.8 Å². The predicted octanol–water partition coefficient (Wildman–Crippen LogP) is 4.82. The number of amides is 2. The molecule has 4 rings (SSSR count). The number of carbonyl (C=O) groups is 1. The fraction of sp³-hybridized carbons (Fsp3) is 0.261. The smallest absolute Gasteiger partial charge is 0.352 e. The lowest BCUT2D eigenvalue weighted by Gasteiger charge is -2.35. The molecule has 1 aliphatic rings. The van der Waals surface area contributed by atoms with Crippen LogP contribution in [-0.2, 0) is 6.18 Å². The van der Waals surface area contributed by atoms with Crippen LogP contribution in [0.2, 0.25) is 0 Å². The number of aromatic nitrogens is 2. The van der Waals surface area contributed by atoms with Gasteiger partial charge in [-0.15, -0.1) is 10.2 Å². The molecule has 1 N–H and O–H groups in total. The molecule has 1 aromatic heterocycles. The van der Waals surface area contributed by atoms with Crippen LogP contribution in [0.3, 0.4) is 0 Å². The Hall–Kier alpha value is -3.62. The van der Waals surface area contributed by atoms with E-state index in [2.05, 4.69) is 15.5 Å². The molecule has 2 heterocycles. The second-order valence-corrected chi connectivity index (χ2v) is 7.63. The van der Waals surface area contributed by atoms with E-state index in [1.54, 1.807) is 4.90 Å². The van der Waals surface area contributed by atoms with Gasteiger partial charge in [0.1, 0.15) is 0 Å². The molecule has 0 atom stereocenters. The minimum Gasteiger partial charge on any atom is -0.352 e. The number of carbonyl (C=O) groups excluding carboxylic acids is 1. The number of piperazine rings is 1. The molecule has 2 aromatic carbocycles. The van der Waals surface area contributed by atoms with Gasteiger partial charge >= 0.3 is 12.2 Å². The van der Waals surface area contributed by atoms with E-state index in [0.29, 0.717) is 26.2 Å². The minimum absolute atomic E-state index is 0.116. The molecule has 1 aliphatic heterocycles. The molecule has 1 saturated heterocycles. The zero-order chi connectivity index (χ0) is 22.7. The zero-order valence-electron chi connectivity index (χ0n) is 17.4. The number of halogens is 3. The maximum absolute atomic E-state index is 12.9. The van der Waals surface area contributed by atoms with Gasteiger partial charge in [0.2, 0.25) is 0 Å². The Morgan fingerprint density at radius 1 is 0.938 bits per heavy atom. The monoisotopic (exact) mass is 441 g/mol. The van der Waals surface area contributed by atoms with E-state index >= 15 is 0 Å². The summed E-state index contributed by atoms with van der Waals surface area (Å²) in [5, 5.41) is 11.2. The van der Waals surface area contributed by atoms with Crippen LogP contribution in [0.5, 0.6) is 0 Å². The zero-order valence-corrected chi connectivity index (χ0v) is 17.4. The second kappa shape index (κ2) is 8.86. The highest BCUT2D eigenvalue weighted by Gasteiger charge is 2.30. The van der Waals surface area contributed by atoms with Crippen molar-refractivity contribution in [1.29, 1.82) is 0 Å². The van der Waals surface area contributed by atoms with Gasteiger partial charge < -0.3 is 15.1 Å². The Labute approximate surface area is 183 Å². The molecular formula is C23H22F3N5O. The van der Waals surface area contributed by atoms with E-state index in [0.717, 1.165) is 29.2 Å². The number of rotatable bonds is 3. The van der Waals surface area contributed by atoms with Gasteiger partial charge in [-0.3, -0.25) is 0 Å². The lowest BCUT2D eigenvalue weighted by atomic mass is 10.1. The van der Waals surface area contributed by atoms with Gasteiger partial charge in [0.25, 0.3) is 0 Å². The number of benzene rings is 2. The van der Waals surface area contributed by atoms with Gasteiger partial charge in [-0.2, -0.15) is 13.2 Å². The number of nitrogens with one attached hydrogen (secondary N) is 1. The molecule has 0 aliphatic carbocycles. The quantitative estimate of drug-likeness (QED) is 0.633. The average molecular weight is 441 g/mol. The second-order valence-electron chi connectivity index (χ2n) is 7.63. The van der Waals surface area contributed by atoms with Crippen molar-refractivity contribution in [2.24, 2.45) is 0 Å². The van der Waals surface area contributed by atoms with E-state index in [4.69, 9.17) is 0 Å². The summed E-state index contributed by atoms with van der Waals surface area (Å²) in [4.78, 5) is 16.1. The van der Waals surface area contributed by atoms with Crippen LogP contribution in [0.25, 0.3) is 11.3 Å². The predicted molar refractivity (Wildman–Crippen MR) is 116 cm³/mol. The van der Waals surface area contributed by atoms with Gasteiger partial charge in [0, 0.05) is 37.4 Å². The lowest BCUT2D eigenvalue weighted by Crippen LogP contribution is -2.50. The average Bonchev–Trinajstić information content (AvgIpc) is 2.79. The highest BCUT2D eigenvalue weighted by atomic mass is 19.4. The van der Waals surface area contributed by atoms with Crippen molar-refractivity contribution >= 4 is 17.5 Å². The van der Waals surface area contributed by atoms with Crippen molar-refractivity contribution in [3.63, 3.8) is 0 Å². The fourth-order valence-electron chi connectivity index (χ4n) is 3.49. The molecule has 3 aromatic rings. The molecule has 0 radical (unpaired) electrons. The van der Waals surface area contributed by atoms with E-state index < -0.39 is 17.8 Å². The van der Waals surface area contributed by atoms with Gasteiger partial charge in [-0.1, -0.05) is 35.9 Å². The first kappa shape index (κ1) is 21.6. The molecule has 9 heteroatoms. The summed E-state index contributed by atoms with van der Waals surface area (Å²) in [6.07, 6.45) is -4.46. The Morgan fingerprint density at radius 3 is 2.28 bits per heavy atom. The lowest BCUT2D eigenvalue weighted by molar-refractivity contribution is -0.137. The maximum Gasteiger partial charge on any atom is 0.416 e. The Balaban J connectivity index is 1.34. The fourth-order valence-corrected chi connectivity index (χ4v) is 3.49. The summed E-state index contributed by atoms with van der Waals surface area (Å²) in [5.41, 5.74) is 2.27. The Kier molecular flexibility index (Phi) is 5.98. The molecule has 32 heavy (non-hydrogen) atoms. The standard InChI is InChI=1S/C23H22F3N5O/c1-16-5-7-17(8-6-16)20-9-10-21(29-28-20)30-11-13-31(14-12-30)22(32)27-19-4-2-3-18(15-19)23(24,25)26/h2-10,15H,11-14H2,1H3,(H,27,32). The number of hydrogen-bond donors (Lipinski definition) is 1. The van der Waals surface area contributed by atoms with Crippen molar-refractivity contribution in [2.45, 2.75) is 13.1 Å². The Bertz CT molecular complexity index is 1080. The van der Waals surface area contributed by atoms with E-state index in [-0.39, 0.29) is 5.69 Å². The third-order valence-corrected chi connectivity index (χ3v) is 5.33. The van der Waals surface area contributed by atoms with E-state index in [1.165, 1.54) is 17.7 Å². The molecular weight excluding hydrogens is 419 g/mol. The highest BCUT2D eigenvalue weighted by molar-refractivity contribution is 5.89. The topological polar surface area (TPSA) is 61.4 Å². The van der Waals surface area contributed by atoms with Gasteiger partial charge in [-0.25, -0.2) is 4.79 Å². The molecule has 0 spiro atoms. The summed E-state index contributed by atoms with van der Waals surface area (Å²) in [6.45, 7) is 3.97. The molecule has 6 nitrogen and oxygen atoms in total. The largest absolute Gasteiger partial charge is 0.416 e. The molecule has 1 fully saturated rings. The van der Waals surface area contributed by atoms with Gasteiger partial charge in [-0.05, 0) is 37.3 Å². The van der Waals surface area contributed by atoms with Crippen LogP contribution in [0.1, 0.15) is 11.1 Å². The number of anilines is 2. The van der Waals surface area contributed by atoms with Crippen molar-refractivity contribution in [2.75, 3.05) is 36.4 Å². The first-order valence-corrected chi connectivity index (χ1v) is 10.2. The molecule has 0 saturated carbocycles. The number of hydrogen-bond acceptors (Lipinski definition) is 4. The third-order valence-electron chi connectivity index (χ3n) is 5.33. The molecule has 166 valence electrons. The highest BCUT2D eigenvalue weighted by Crippen LogP contribution is 2.30. The molecule has 0 bridgehead atoms. The number of urea groups is 1. The van der Waals surface area contributed by atoms with Crippen molar-refractivity contribution in [1.82, 2.24) is 15.1 Å². The summed E-state index contributed by atoms with van der Waals surface area (Å²) in [5.74, 6) is 0.721. The number of aryl methyl sites for hydroxylation is 1. The molecule has 2 amide bonds. The summed E-state index contributed by atoms with van der Waals surface area (Å²) in [6, 6.07) is 16.1. The van der Waals surface area contributed by atoms with E-state index in [1.807, 2.05) is 48.2 Å². The third kappa shape index (κ3) is 4.99. The van der Waals surface area contributed by atoms with Crippen LogP contribution in [0, 0.1) is 6.92 Å². The summed E-state index contributed by atoms with van der Waals surface area (Å²) >= 11 is 0. The summed E-state index contributed by atoms with van der Waals surface area (Å²) in [7, 11) is 0. The van der Waals surface area contributed by atoms with Crippen LogP contribution in [-0.4, -0.2) is 47.3 Å². The van der Waals surface area contributed by atoms with Crippen LogP contribution in [0.4, 0.5) is 29.5 Å². The normalized spacial score (nSPS) is 14.4. The first-order valence-electron chi connectivity index (χ1n) is 10.2. The van der Waals surface area contributed by atoms with Crippen LogP contribution >= 0.6 is 0 Å². The minimum atomic E-state index is -4.46. The first-order chi connectivity index (χ1) is 15.3. The number of alkyl halides is 3. The van der Waals surface area contributed by atoms with Crippen LogP contribution < -0.4 is 10.2 Å². The van der Waals surface area contributed by atoms with Gasteiger partial charge in [0.05, 0.1) is 11.3 Å². The Morgan fingerprint density at radius 2 is 1.66 bits per heavy atom. The van der Waals surface area contributed by atoms with Gasteiger partial charge in [0.15, 0.2) is 5.82 Å². The summed E-state index contributed by atoms with van der Waals surface area (Å²) < 4.78 is 38.6. The molecule has 0 unspecified atom stereocenters. The van der Waals surface area contributed by atoms with Crippen molar-refractivity contribution < 1.29 is 18.0 Å². The van der Waals surface area contributed by atoms with Crippen molar-refractivity contribution in [3.8, 4) is 11.3 Å². The number of nitrogens with zero attached hydrogens (tertiary/aromatic N) is 4.